The topological polar surface area (TPSA) is 24.1 Å². The van der Waals surface area contributed by atoms with Gasteiger partial charge in [-0.1, -0.05) is 0 Å². The number of rotatable bonds is 0. The maximum atomic E-state index is 8.79. The van der Waals surface area contributed by atoms with Crippen LogP contribution in [0.4, 0.5) is 0 Å². The van der Waals surface area contributed by atoms with Crippen LogP contribution in [-0.4, -0.2) is 5.11 Å². The molecule has 0 unspecified atom stereocenters. The van der Waals surface area contributed by atoms with E-state index in [1.54, 1.807) is 22.9 Å². The summed E-state index contributed by atoms with van der Waals surface area (Å²) in [6.45, 7) is 0. The molecule has 0 atom stereocenters. The highest BCUT2D eigenvalue weighted by molar-refractivity contribution is 5.85. The third kappa shape index (κ3) is 2.33. The first-order valence-corrected chi connectivity index (χ1v) is 2.43. The molecule has 1 aromatic heterocycles. The molecule has 0 saturated carbocycles. The largest absolute Gasteiger partial charge is 0.503 e. The Morgan fingerprint density at radius 1 is 1.56 bits per heavy atom. The zero-order valence-electron chi connectivity index (χ0n) is 5.11. The SMILES string of the molecule is C[n+]1cccc(O)c1.Cl. The molecule has 0 fully saturated rings. The minimum absolute atomic E-state index is 0. The number of aromatic hydroxyl groups is 1. The van der Waals surface area contributed by atoms with E-state index in [1.165, 1.54) is 0 Å². The number of nitrogens with zero attached hydrogens (tertiary/aromatic N) is 1. The van der Waals surface area contributed by atoms with Gasteiger partial charge in [-0.05, 0) is 6.07 Å². The van der Waals surface area contributed by atoms with Crippen LogP contribution in [0.1, 0.15) is 0 Å². The summed E-state index contributed by atoms with van der Waals surface area (Å²) < 4.78 is 1.79. The van der Waals surface area contributed by atoms with E-state index in [4.69, 9.17) is 5.11 Å². The van der Waals surface area contributed by atoms with E-state index in [1.807, 2.05) is 13.2 Å². The molecule has 0 aliphatic heterocycles. The molecule has 0 radical (unpaired) electrons. The van der Waals surface area contributed by atoms with Crippen LogP contribution in [0.3, 0.4) is 0 Å². The first kappa shape index (κ1) is 8.24. The van der Waals surface area contributed by atoms with Gasteiger partial charge in [0.05, 0.1) is 0 Å². The van der Waals surface area contributed by atoms with Gasteiger partial charge >= 0.3 is 0 Å². The van der Waals surface area contributed by atoms with Crippen molar-refractivity contribution in [1.29, 1.82) is 0 Å². The van der Waals surface area contributed by atoms with E-state index in [0.717, 1.165) is 0 Å². The monoisotopic (exact) mass is 146 g/mol. The van der Waals surface area contributed by atoms with Crippen molar-refractivity contribution >= 4 is 12.4 Å². The van der Waals surface area contributed by atoms with Gasteiger partial charge in [0, 0.05) is 6.07 Å². The lowest BCUT2D eigenvalue weighted by Crippen LogP contribution is -2.25. The van der Waals surface area contributed by atoms with Crippen molar-refractivity contribution in [3.63, 3.8) is 0 Å². The lowest BCUT2D eigenvalue weighted by molar-refractivity contribution is -0.671. The molecule has 1 N–H and O–H groups in total. The molecule has 1 heterocycles. The summed E-state index contributed by atoms with van der Waals surface area (Å²) in [5.41, 5.74) is 0. The molecular weight excluding hydrogens is 138 g/mol. The quantitative estimate of drug-likeness (QED) is 0.534. The van der Waals surface area contributed by atoms with Gasteiger partial charge in [-0.2, -0.15) is 0 Å². The smallest absolute Gasteiger partial charge is 0.210 e. The molecule has 1 aromatic rings. The Labute approximate surface area is 60.2 Å². The summed E-state index contributed by atoms with van der Waals surface area (Å²) in [6.07, 6.45) is 3.50. The zero-order valence-corrected chi connectivity index (χ0v) is 5.93. The fraction of sp³-hybridized carbons (Fsp3) is 0.167. The second-order valence-electron chi connectivity index (χ2n) is 1.73. The number of hydrogen-bond donors (Lipinski definition) is 1. The first-order valence-electron chi connectivity index (χ1n) is 2.43. The van der Waals surface area contributed by atoms with Gasteiger partial charge in [0.1, 0.15) is 7.05 Å². The molecule has 0 bridgehead atoms. The maximum absolute atomic E-state index is 8.79. The Morgan fingerprint density at radius 2 is 2.22 bits per heavy atom. The molecular formula is C6H9ClNO+. The highest BCUT2D eigenvalue weighted by atomic mass is 35.5. The molecule has 0 aliphatic rings. The van der Waals surface area contributed by atoms with Gasteiger partial charge in [-0.25, -0.2) is 4.57 Å². The Morgan fingerprint density at radius 3 is 2.56 bits per heavy atom. The summed E-state index contributed by atoms with van der Waals surface area (Å²) in [6, 6.07) is 3.43. The van der Waals surface area contributed by atoms with E-state index in [-0.39, 0.29) is 12.4 Å². The van der Waals surface area contributed by atoms with E-state index < -0.39 is 0 Å². The third-order valence-electron chi connectivity index (χ3n) is 0.924. The molecule has 0 saturated heterocycles. The predicted octanol–water partition coefficient (Wildman–Crippen LogP) is 0.638. The van der Waals surface area contributed by atoms with Gasteiger partial charge in [0.2, 0.25) is 6.20 Å². The second-order valence-corrected chi connectivity index (χ2v) is 1.73. The van der Waals surface area contributed by atoms with Crippen molar-refractivity contribution in [3.05, 3.63) is 24.5 Å². The van der Waals surface area contributed by atoms with E-state index in [0.29, 0.717) is 5.75 Å². The molecule has 0 aromatic carbocycles. The van der Waals surface area contributed by atoms with Crippen molar-refractivity contribution < 1.29 is 9.67 Å². The van der Waals surface area contributed by atoms with Gasteiger partial charge < -0.3 is 5.11 Å². The Bertz CT molecular complexity index is 173. The Kier molecular flexibility index (Phi) is 3.02. The molecule has 1 rings (SSSR count). The fourth-order valence-electron chi connectivity index (χ4n) is 0.572. The number of pyridine rings is 1. The zero-order chi connectivity index (χ0) is 5.98. The summed E-state index contributed by atoms with van der Waals surface area (Å²) in [7, 11) is 1.86. The van der Waals surface area contributed by atoms with Gasteiger partial charge in [-0.3, -0.25) is 0 Å². The average Bonchev–Trinajstić information content (AvgIpc) is 1.64. The van der Waals surface area contributed by atoms with E-state index >= 15 is 0 Å². The average molecular weight is 147 g/mol. The summed E-state index contributed by atoms with van der Waals surface area (Å²) in [5.74, 6) is 0.301. The van der Waals surface area contributed by atoms with Crippen LogP contribution in [0.15, 0.2) is 24.5 Å². The van der Waals surface area contributed by atoms with Crippen LogP contribution in [0.25, 0.3) is 0 Å². The van der Waals surface area contributed by atoms with Crippen LogP contribution in [0.5, 0.6) is 5.75 Å². The molecule has 0 amide bonds. The molecule has 50 valence electrons. The third-order valence-corrected chi connectivity index (χ3v) is 0.924. The molecule has 0 aliphatic carbocycles. The van der Waals surface area contributed by atoms with Crippen molar-refractivity contribution in [1.82, 2.24) is 0 Å². The molecule has 3 heteroatoms. The van der Waals surface area contributed by atoms with Crippen molar-refractivity contribution in [3.8, 4) is 5.75 Å². The van der Waals surface area contributed by atoms with Crippen LogP contribution in [0.2, 0.25) is 0 Å². The highest BCUT2D eigenvalue weighted by Gasteiger charge is 1.89. The number of aromatic nitrogens is 1. The molecule has 0 spiro atoms. The van der Waals surface area contributed by atoms with Crippen LogP contribution < -0.4 is 4.57 Å². The first-order chi connectivity index (χ1) is 3.79. The lowest BCUT2D eigenvalue weighted by Gasteiger charge is -1.84. The lowest BCUT2D eigenvalue weighted by atomic mass is 10.5. The fourth-order valence-corrected chi connectivity index (χ4v) is 0.572. The minimum Gasteiger partial charge on any atom is -0.503 e. The van der Waals surface area contributed by atoms with Crippen LogP contribution in [0, 0.1) is 0 Å². The highest BCUT2D eigenvalue weighted by Crippen LogP contribution is 1.98. The normalized spacial score (nSPS) is 8.11. The van der Waals surface area contributed by atoms with Crippen molar-refractivity contribution in [2.75, 3.05) is 0 Å². The Hall–Kier alpha value is -0.760. The number of halogens is 1. The second kappa shape index (κ2) is 3.30. The summed E-state index contributed by atoms with van der Waals surface area (Å²) >= 11 is 0. The Balaban J connectivity index is 0.000000640. The maximum Gasteiger partial charge on any atom is 0.210 e. The van der Waals surface area contributed by atoms with Crippen LogP contribution >= 0.6 is 12.4 Å². The summed E-state index contributed by atoms with van der Waals surface area (Å²) in [5, 5.41) is 8.79. The number of hydrogen-bond acceptors (Lipinski definition) is 1. The van der Waals surface area contributed by atoms with Gasteiger partial charge in [-0.15, -0.1) is 12.4 Å². The van der Waals surface area contributed by atoms with E-state index in [9.17, 15) is 0 Å². The predicted molar refractivity (Wildman–Crippen MR) is 36.5 cm³/mol. The molecule has 2 nitrogen and oxygen atoms in total. The van der Waals surface area contributed by atoms with Gasteiger partial charge in [0.15, 0.2) is 11.9 Å². The van der Waals surface area contributed by atoms with E-state index in [2.05, 4.69) is 0 Å². The van der Waals surface area contributed by atoms with Crippen molar-refractivity contribution in [2.24, 2.45) is 7.05 Å². The minimum atomic E-state index is 0. The van der Waals surface area contributed by atoms with Crippen molar-refractivity contribution in [2.45, 2.75) is 0 Å². The summed E-state index contributed by atoms with van der Waals surface area (Å²) in [4.78, 5) is 0. The number of aryl methyl sites for hydroxylation is 1. The molecule has 9 heavy (non-hydrogen) atoms. The van der Waals surface area contributed by atoms with Gasteiger partial charge in [0.25, 0.3) is 0 Å². The van der Waals surface area contributed by atoms with Crippen LogP contribution in [-0.2, 0) is 7.05 Å². The standard InChI is InChI=1S/C6H7NO.ClH/c1-7-4-2-3-6(8)5-7;/h2-5H,1H3;1H/p+1.